The Hall–Kier alpha value is -5.21. The average Bonchev–Trinajstić information content (AvgIpc) is 3.67. The normalized spacial score (nSPS) is 13.9. The van der Waals surface area contributed by atoms with Gasteiger partial charge in [0.25, 0.3) is 0 Å². The number of oxazole rings is 1. The third kappa shape index (κ3) is 2.78. The highest BCUT2D eigenvalue weighted by Crippen LogP contribution is 2.60. The lowest BCUT2D eigenvalue weighted by Crippen LogP contribution is -1.94. The molecule has 2 aliphatic carbocycles. The topological polar surface area (TPSA) is 26.0 Å². The van der Waals surface area contributed by atoms with Crippen molar-refractivity contribution in [2.75, 3.05) is 0 Å². The van der Waals surface area contributed by atoms with Crippen LogP contribution in [0.5, 0.6) is 0 Å². The molecular formula is C37H21NO. The van der Waals surface area contributed by atoms with E-state index >= 15 is 0 Å². The molecule has 2 heteroatoms. The van der Waals surface area contributed by atoms with Crippen molar-refractivity contribution >= 4 is 54.9 Å². The van der Waals surface area contributed by atoms with Crippen LogP contribution in [0.3, 0.4) is 0 Å². The number of allylic oxidation sites excluding steroid dienone is 2. The maximum absolute atomic E-state index is 6.51. The quantitative estimate of drug-likeness (QED) is 0.239. The number of para-hydroxylation sites is 2. The molecule has 0 atom stereocenters. The maximum atomic E-state index is 6.51. The van der Waals surface area contributed by atoms with Crippen LogP contribution in [0.4, 0.5) is 0 Å². The molecule has 1 heterocycles. The molecule has 7 aromatic rings. The Labute approximate surface area is 225 Å². The molecule has 2 nitrogen and oxygen atoms in total. The summed E-state index contributed by atoms with van der Waals surface area (Å²) < 4.78 is 6.51. The van der Waals surface area contributed by atoms with E-state index in [9.17, 15) is 0 Å². The molecule has 6 aromatic carbocycles. The molecule has 0 bridgehead atoms. The first kappa shape index (κ1) is 20.8. The van der Waals surface area contributed by atoms with Crippen molar-refractivity contribution in [2.45, 2.75) is 0 Å². The molecule has 0 N–H and O–H groups in total. The predicted octanol–water partition coefficient (Wildman–Crippen LogP) is 9.38. The van der Waals surface area contributed by atoms with Crippen LogP contribution in [0.1, 0.15) is 33.7 Å². The highest BCUT2D eigenvalue weighted by Gasteiger charge is 2.40. The van der Waals surface area contributed by atoms with Gasteiger partial charge in [-0.05, 0) is 67.1 Å². The SMILES string of the molecule is c1ccc(C2=C3C(=C(c4nc5ccccc5o4)c4ccc5ccccc5c43)c3c2ccc2ccccc32)cc1. The van der Waals surface area contributed by atoms with E-state index < -0.39 is 0 Å². The van der Waals surface area contributed by atoms with Crippen molar-refractivity contribution in [3.63, 3.8) is 0 Å². The van der Waals surface area contributed by atoms with Gasteiger partial charge in [-0.25, -0.2) is 4.98 Å². The van der Waals surface area contributed by atoms with Crippen molar-refractivity contribution in [1.29, 1.82) is 0 Å². The van der Waals surface area contributed by atoms with E-state index in [0.29, 0.717) is 5.89 Å². The van der Waals surface area contributed by atoms with Crippen LogP contribution < -0.4 is 0 Å². The van der Waals surface area contributed by atoms with Crippen molar-refractivity contribution < 1.29 is 4.42 Å². The predicted molar refractivity (Wildman–Crippen MR) is 160 cm³/mol. The fraction of sp³-hybridized carbons (Fsp3) is 0. The molecule has 0 spiro atoms. The fourth-order valence-corrected chi connectivity index (χ4v) is 6.62. The van der Waals surface area contributed by atoms with Gasteiger partial charge in [-0.2, -0.15) is 0 Å². The molecule has 9 rings (SSSR count). The van der Waals surface area contributed by atoms with Crippen LogP contribution in [0.25, 0.3) is 54.9 Å². The van der Waals surface area contributed by atoms with Gasteiger partial charge in [-0.3, -0.25) is 0 Å². The number of hydrogen-bond acceptors (Lipinski definition) is 2. The number of benzene rings is 6. The molecule has 39 heavy (non-hydrogen) atoms. The van der Waals surface area contributed by atoms with E-state index in [1.807, 2.05) is 24.3 Å². The summed E-state index contributed by atoms with van der Waals surface area (Å²) in [7, 11) is 0. The number of hydrogen-bond donors (Lipinski definition) is 0. The highest BCUT2D eigenvalue weighted by atomic mass is 16.3. The number of aromatic nitrogens is 1. The first-order valence-corrected chi connectivity index (χ1v) is 13.3. The van der Waals surface area contributed by atoms with E-state index in [0.717, 1.165) is 16.7 Å². The lowest BCUT2D eigenvalue weighted by molar-refractivity contribution is 0.585. The monoisotopic (exact) mass is 495 g/mol. The van der Waals surface area contributed by atoms with Crippen LogP contribution >= 0.6 is 0 Å². The molecular weight excluding hydrogens is 474 g/mol. The van der Waals surface area contributed by atoms with Gasteiger partial charge in [0.05, 0.1) is 5.57 Å². The first-order valence-electron chi connectivity index (χ1n) is 13.3. The smallest absolute Gasteiger partial charge is 0.228 e. The zero-order valence-electron chi connectivity index (χ0n) is 21.0. The second kappa shape index (κ2) is 7.66. The van der Waals surface area contributed by atoms with Crippen molar-refractivity contribution in [1.82, 2.24) is 4.98 Å². The zero-order chi connectivity index (χ0) is 25.5. The van der Waals surface area contributed by atoms with Gasteiger partial charge in [0, 0.05) is 11.1 Å². The molecule has 180 valence electrons. The van der Waals surface area contributed by atoms with Crippen LogP contribution in [-0.2, 0) is 0 Å². The second-order valence-corrected chi connectivity index (χ2v) is 10.3. The number of rotatable bonds is 2. The summed E-state index contributed by atoms with van der Waals surface area (Å²) in [4.78, 5) is 5.04. The van der Waals surface area contributed by atoms with E-state index in [1.165, 1.54) is 66.1 Å². The van der Waals surface area contributed by atoms with Crippen LogP contribution in [0.2, 0.25) is 0 Å². The van der Waals surface area contributed by atoms with Crippen LogP contribution in [-0.4, -0.2) is 4.98 Å². The molecule has 0 fully saturated rings. The Balaban J connectivity index is 1.52. The van der Waals surface area contributed by atoms with Crippen LogP contribution in [0, 0.1) is 0 Å². The summed E-state index contributed by atoms with van der Waals surface area (Å²) >= 11 is 0. The number of fused-ring (bicyclic) bond motifs is 10. The van der Waals surface area contributed by atoms with Gasteiger partial charge in [0.1, 0.15) is 5.52 Å². The van der Waals surface area contributed by atoms with Crippen molar-refractivity contribution in [2.24, 2.45) is 0 Å². The van der Waals surface area contributed by atoms with Gasteiger partial charge >= 0.3 is 0 Å². The Morgan fingerprint density at radius 3 is 1.69 bits per heavy atom. The van der Waals surface area contributed by atoms with E-state index in [1.54, 1.807) is 0 Å². The molecule has 0 saturated carbocycles. The third-order valence-corrected chi connectivity index (χ3v) is 8.22. The minimum atomic E-state index is 0.672. The summed E-state index contributed by atoms with van der Waals surface area (Å²) in [5.74, 6) is 0.672. The molecule has 0 saturated heterocycles. The third-order valence-electron chi connectivity index (χ3n) is 8.22. The van der Waals surface area contributed by atoms with Crippen LogP contribution in [0.15, 0.2) is 132 Å². The van der Waals surface area contributed by atoms with E-state index in [4.69, 9.17) is 9.40 Å². The zero-order valence-corrected chi connectivity index (χ0v) is 21.0. The van der Waals surface area contributed by atoms with Crippen molar-refractivity contribution in [3.05, 3.63) is 161 Å². The summed E-state index contributed by atoms with van der Waals surface area (Å²) in [6.45, 7) is 0. The summed E-state index contributed by atoms with van der Waals surface area (Å²) in [6.07, 6.45) is 0. The Kier molecular flexibility index (Phi) is 4.08. The standard InChI is InChI=1S/C37H21NO/c1-2-12-24(13-3-1)31-27-20-18-22-10-4-6-14-25(22)32(27)36-34(37-38-29-16-8-9-17-30(29)39-37)28-21-19-23-11-5-7-15-26(23)33(28)35(31)36/h1-21H. The number of nitrogens with zero attached hydrogens (tertiary/aromatic N) is 1. The lowest BCUT2D eigenvalue weighted by Gasteiger charge is -2.13. The molecule has 0 radical (unpaired) electrons. The molecule has 1 aromatic heterocycles. The van der Waals surface area contributed by atoms with E-state index in [-0.39, 0.29) is 0 Å². The van der Waals surface area contributed by atoms with Crippen molar-refractivity contribution in [3.8, 4) is 0 Å². The Morgan fingerprint density at radius 2 is 1.00 bits per heavy atom. The fourth-order valence-electron chi connectivity index (χ4n) is 6.62. The molecule has 2 aliphatic rings. The summed E-state index contributed by atoms with van der Waals surface area (Å²) in [6, 6.07) is 45.3. The van der Waals surface area contributed by atoms with Gasteiger partial charge in [0.2, 0.25) is 5.89 Å². The van der Waals surface area contributed by atoms with Gasteiger partial charge in [0.15, 0.2) is 5.58 Å². The maximum Gasteiger partial charge on any atom is 0.228 e. The Bertz CT molecular complexity index is 2180. The highest BCUT2D eigenvalue weighted by molar-refractivity contribution is 6.39. The van der Waals surface area contributed by atoms with Gasteiger partial charge < -0.3 is 4.42 Å². The van der Waals surface area contributed by atoms with Gasteiger partial charge in [-0.15, -0.1) is 0 Å². The molecule has 0 amide bonds. The summed E-state index contributed by atoms with van der Waals surface area (Å²) in [5, 5.41) is 4.96. The molecule has 0 unspecified atom stereocenters. The minimum Gasteiger partial charge on any atom is -0.436 e. The van der Waals surface area contributed by atoms with E-state index in [2.05, 4.69) is 103 Å². The average molecular weight is 496 g/mol. The Morgan fingerprint density at radius 1 is 0.436 bits per heavy atom. The minimum absolute atomic E-state index is 0.672. The van der Waals surface area contributed by atoms with Gasteiger partial charge in [-0.1, -0.05) is 115 Å². The molecule has 0 aliphatic heterocycles. The first-order chi connectivity index (χ1) is 19.4. The second-order valence-electron chi connectivity index (χ2n) is 10.3. The lowest BCUT2D eigenvalue weighted by atomic mass is 9.90. The largest absolute Gasteiger partial charge is 0.436 e. The summed E-state index contributed by atoms with van der Waals surface area (Å²) in [5.41, 5.74) is 12.7.